The van der Waals surface area contributed by atoms with Crippen molar-refractivity contribution in [2.24, 2.45) is 10.9 Å². The number of nitrogens with one attached hydrogen (secondary N) is 2. The molecule has 0 bridgehead atoms. The third-order valence-corrected chi connectivity index (χ3v) is 3.00. The zero-order valence-corrected chi connectivity index (χ0v) is 13.8. The van der Waals surface area contributed by atoms with Crippen LogP contribution < -0.4 is 10.6 Å². The molecule has 0 aliphatic heterocycles. The van der Waals surface area contributed by atoms with E-state index in [1.807, 2.05) is 18.2 Å². The van der Waals surface area contributed by atoms with Gasteiger partial charge >= 0.3 is 0 Å². The van der Waals surface area contributed by atoms with Crippen LogP contribution in [0.2, 0.25) is 0 Å². The lowest BCUT2D eigenvalue weighted by Crippen LogP contribution is -2.38. The number of hydrogen-bond acceptors (Lipinski definition) is 3. The molecule has 0 aromatic carbocycles. The Morgan fingerprint density at radius 2 is 2.27 bits per heavy atom. The van der Waals surface area contributed by atoms with E-state index in [9.17, 15) is 0 Å². The second kappa shape index (κ2) is 11.9. The van der Waals surface area contributed by atoms with E-state index in [2.05, 4.69) is 36.1 Å². The normalized spacial score (nSPS) is 11.7. The highest BCUT2D eigenvalue weighted by Crippen LogP contribution is 1.99. The number of furan rings is 1. The Hall–Kier alpha value is -1.75. The summed E-state index contributed by atoms with van der Waals surface area (Å²) < 4.78 is 10.9. The molecule has 1 aromatic heterocycles. The molecule has 0 amide bonds. The van der Waals surface area contributed by atoms with Gasteiger partial charge in [0.25, 0.3) is 0 Å². The van der Waals surface area contributed by atoms with Crippen molar-refractivity contribution in [1.29, 1.82) is 0 Å². The van der Waals surface area contributed by atoms with Gasteiger partial charge in [0, 0.05) is 26.1 Å². The predicted molar refractivity (Wildman–Crippen MR) is 91.2 cm³/mol. The molecule has 0 unspecified atom stereocenters. The summed E-state index contributed by atoms with van der Waals surface area (Å²) >= 11 is 0. The smallest absolute Gasteiger partial charge is 0.191 e. The van der Waals surface area contributed by atoms with Crippen molar-refractivity contribution >= 4 is 5.96 Å². The Labute approximate surface area is 133 Å². The Morgan fingerprint density at radius 1 is 1.41 bits per heavy atom. The molecule has 1 rings (SSSR count). The van der Waals surface area contributed by atoms with Crippen molar-refractivity contribution in [3.8, 4) is 0 Å². The highest BCUT2D eigenvalue weighted by atomic mass is 16.5. The summed E-state index contributed by atoms with van der Waals surface area (Å²) in [6, 6.07) is 3.87. The molecule has 0 saturated heterocycles. The minimum absolute atomic E-state index is 0.644. The number of rotatable bonds is 11. The average molecular weight is 307 g/mol. The monoisotopic (exact) mass is 307 g/mol. The Bertz CT molecular complexity index is 414. The summed E-state index contributed by atoms with van der Waals surface area (Å²) in [6.07, 6.45) is 5.41. The van der Waals surface area contributed by atoms with Gasteiger partial charge < -0.3 is 19.8 Å². The molecule has 0 atom stereocenters. The summed E-state index contributed by atoms with van der Waals surface area (Å²) in [4.78, 5) is 4.49. The summed E-state index contributed by atoms with van der Waals surface area (Å²) in [7, 11) is 0. The fraction of sp³-hybridized carbons (Fsp3) is 0.588. The summed E-state index contributed by atoms with van der Waals surface area (Å²) in [5.74, 6) is 2.42. The topological polar surface area (TPSA) is 58.8 Å². The van der Waals surface area contributed by atoms with E-state index >= 15 is 0 Å². The van der Waals surface area contributed by atoms with Gasteiger partial charge in [-0.25, -0.2) is 0 Å². The van der Waals surface area contributed by atoms with Crippen molar-refractivity contribution in [2.75, 3.05) is 32.8 Å². The van der Waals surface area contributed by atoms with Gasteiger partial charge in [-0.15, -0.1) is 6.58 Å². The SMILES string of the molecule is C=CCNC(=NCCOCCC(C)C)NCCc1ccco1. The van der Waals surface area contributed by atoms with E-state index < -0.39 is 0 Å². The molecule has 0 radical (unpaired) electrons. The number of aliphatic imine (C=N–C) groups is 1. The zero-order chi connectivity index (χ0) is 16.0. The third kappa shape index (κ3) is 9.23. The van der Waals surface area contributed by atoms with Crippen molar-refractivity contribution < 1.29 is 9.15 Å². The van der Waals surface area contributed by atoms with Crippen LogP contribution >= 0.6 is 0 Å². The van der Waals surface area contributed by atoms with Crippen molar-refractivity contribution in [2.45, 2.75) is 26.7 Å². The van der Waals surface area contributed by atoms with Gasteiger partial charge in [0.2, 0.25) is 0 Å². The molecular formula is C17H29N3O2. The van der Waals surface area contributed by atoms with Gasteiger partial charge in [-0.1, -0.05) is 19.9 Å². The van der Waals surface area contributed by atoms with E-state index in [1.54, 1.807) is 6.26 Å². The molecule has 0 spiro atoms. The van der Waals surface area contributed by atoms with Gasteiger partial charge in [0.1, 0.15) is 5.76 Å². The van der Waals surface area contributed by atoms with E-state index in [4.69, 9.17) is 9.15 Å². The molecule has 0 aliphatic carbocycles. The number of hydrogen-bond donors (Lipinski definition) is 2. The molecule has 0 saturated carbocycles. The van der Waals surface area contributed by atoms with Crippen LogP contribution in [0.1, 0.15) is 26.0 Å². The van der Waals surface area contributed by atoms with Crippen LogP contribution in [-0.4, -0.2) is 38.8 Å². The zero-order valence-electron chi connectivity index (χ0n) is 13.8. The number of ether oxygens (including phenoxy) is 1. The first kappa shape index (κ1) is 18.3. The summed E-state index contributed by atoms with van der Waals surface area (Å²) in [5.41, 5.74) is 0. The summed E-state index contributed by atoms with van der Waals surface area (Å²) in [5, 5.41) is 6.47. The van der Waals surface area contributed by atoms with Gasteiger partial charge in [0.05, 0.1) is 19.4 Å². The molecule has 5 nitrogen and oxygen atoms in total. The Kier molecular flexibility index (Phi) is 9.87. The lowest BCUT2D eigenvalue weighted by molar-refractivity contribution is 0.130. The molecule has 2 N–H and O–H groups in total. The van der Waals surface area contributed by atoms with E-state index in [-0.39, 0.29) is 0 Å². The average Bonchev–Trinajstić information content (AvgIpc) is 3.00. The molecular weight excluding hydrogens is 278 g/mol. The highest BCUT2D eigenvalue weighted by Gasteiger charge is 1.99. The van der Waals surface area contributed by atoms with E-state index in [1.165, 1.54) is 0 Å². The maximum absolute atomic E-state index is 5.56. The van der Waals surface area contributed by atoms with Crippen LogP contribution in [-0.2, 0) is 11.2 Å². The molecule has 124 valence electrons. The Balaban J connectivity index is 2.22. The first-order valence-corrected chi connectivity index (χ1v) is 7.95. The second-order valence-electron chi connectivity index (χ2n) is 5.45. The first-order valence-electron chi connectivity index (χ1n) is 7.95. The van der Waals surface area contributed by atoms with Crippen molar-refractivity contribution in [1.82, 2.24) is 10.6 Å². The van der Waals surface area contributed by atoms with Crippen molar-refractivity contribution in [3.05, 3.63) is 36.8 Å². The molecule has 1 aromatic rings. The fourth-order valence-electron chi connectivity index (χ4n) is 1.75. The standard InChI is InChI=1S/C17H29N3O2/c1-4-9-18-17(19-10-7-16-6-5-12-22-16)20-11-14-21-13-8-15(2)3/h4-6,12,15H,1,7-11,13-14H2,2-3H3,(H2,18,19,20). The molecule has 0 aliphatic rings. The number of guanidine groups is 1. The van der Waals surface area contributed by atoms with Crippen LogP contribution in [0.5, 0.6) is 0 Å². The van der Waals surface area contributed by atoms with Gasteiger partial charge in [-0.2, -0.15) is 0 Å². The molecule has 22 heavy (non-hydrogen) atoms. The maximum Gasteiger partial charge on any atom is 0.191 e. The molecule has 5 heteroatoms. The number of nitrogens with zero attached hydrogens (tertiary/aromatic N) is 1. The highest BCUT2D eigenvalue weighted by molar-refractivity contribution is 5.79. The van der Waals surface area contributed by atoms with Crippen LogP contribution in [0.3, 0.4) is 0 Å². The van der Waals surface area contributed by atoms with Crippen LogP contribution in [0.4, 0.5) is 0 Å². The minimum atomic E-state index is 0.644. The quantitative estimate of drug-likeness (QED) is 0.285. The van der Waals surface area contributed by atoms with E-state index in [0.717, 1.165) is 37.7 Å². The minimum Gasteiger partial charge on any atom is -0.469 e. The van der Waals surface area contributed by atoms with Crippen LogP contribution in [0.15, 0.2) is 40.5 Å². The van der Waals surface area contributed by atoms with Gasteiger partial charge in [-0.3, -0.25) is 4.99 Å². The van der Waals surface area contributed by atoms with E-state index in [0.29, 0.717) is 25.6 Å². The van der Waals surface area contributed by atoms with Gasteiger partial charge in [0.15, 0.2) is 5.96 Å². The summed E-state index contributed by atoms with van der Waals surface area (Å²) in [6.45, 7) is 11.6. The van der Waals surface area contributed by atoms with Crippen molar-refractivity contribution in [3.63, 3.8) is 0 Å². The second-order valence-corrected chi connectivity index (χ2v) is 5.45. The molecule has 1 heterocycles. The lowest BCUT2D eigenvalue weighted by Gasteiger charge is -2.11. The molecule has 0 fully saturated rings. The maximum atomic E-state index is 5.56. The lowest BCUT2D eigenvalue weighted by atomic mass is 10.1. The third-order valence-electron chi connectivity index (χ3n) is 3.00. The Morgan fingerprint density at radius 3 is 2.95 bits per heavy atom. The first-order chi connectivity index (χ1) is 10.7. The van der Waals surface area contributed by atoms with Gasteiger partial charge in [-0.05, 0) is 24.5 Å². The van der Waals surface area contributed by atoms with Crippen LogP contribution in [0.25, 0.3) is 0 Å². The fourth-order valence-corrected chi connectivity index (χ4v) is 1.75. The predicted octanol–water partition coefficient (Wildman–Crippen LogP) is 2.61. The largest absolute Gasteiger partial charge is 0.469 e. The van der Waals surface area contributed by atoms with Crippen LogP contribution in [0, 0.1) is 5.92 Å².